The van der Waals surface area contributed by atoms with Gasteiger partial charge < -0.3 is 5.73 Å². The van der Waals surface area contributed by atoms with Crippen molar-refractivity contribution in [2.45, 2.75) is 18.5 Å². The van der Waals surface area contributed by atoms with E-state index in [4.69, 9.17) is 5.73 Å². The first-order valence-electron chi connectivity index (χ1n) is 4.48. The zero-order valence-electron chi connectivity index (χ0n) is 7.89. The number of hydrogen-bond donors (Lipinski definition) is 1. The lowest BCUT2D eigenvalue weighted by Crippen LogP contribution is -2.24. The number of alkyl halides is 3. The number of nitrogens with two attached hydrogens (primary N) is 1. The first-order valence-corrected chi connectivity index (χ1v) is 4.48. The highest BCUT2D eigenvalue weighted by Gasteiger charge is 2.41. The predicted octanol–water partition coefficient (Wildman–Crippen LogP) is 2.82. The van der Waals surface area contributed by atoms with E-state index in [0.717, 1.165) is 12.1 Å². The predicted molar refractivity (Wildman–Crippen MR) is 48.9 cm³/mol. The fourth-order valence-corrected chi connectivity index (χ4v) is 1.42. The van der Waals surface area contributed by atoms with Crippen LogP contribution in [0.4, 0.5) is 17.6 Å². The first kappa shape index (κ1) is 12.0. The summed E-state index contributed by atoms with van der Waals surface area (Å²) < 4.78 is 50.8. The Bertz CT molecular complexity index is 321. The van der Waals surface area contributed by atoms with Crippen LogP contribution in [-0.2, 0) is 0 Å². The molecular formula is C10H11F4N. The molecule has 0 aliphatic heterocycles. The molecule has 1 unspecified atom stereocenters. The smallest absolute Gasteiger partial charge is 0.330 e. The highest BCUT2D eigenvalue weighted by molar-refractivity contribution is 5.23. The summed E-state index contributed by atoms with van der Waals surface area (Å²) in [6, 6.07) is 4.90. The van der Waals surface area contributed by atoms with E-state index in [2.05, 4.69) is 0 Å². The van der Waals surface area contributed by atoms with Gasteiger partial charge in [-0.2, -0.15) is 13.2 Å². The molecule has 5 heteroatoms. The standard InChI is InChI=1S/C10H11F4N/c11-9-4-2-1-3-7(9)8(5-6-15)10(12,13)14/h1-4,8H,5-6,15H2. The van der Waals surface area contributed by atoms with Crippen molar-refractivity contribution in [3.8, 4) is 0 Å². The Morgan fingerprint density at radius 2 is 1.80 bits per heavy atom. The van der Waals surface area contributed by atoms with Crippen molar-refractivity contribution in [1.82, 2.24) is 0 Å². The van der Waals surface area contributed by atoms with E-state index >= 15 is 0 Å². The van der Waals surface area contributed by atoms with Crippen LogP contribution in [0.5, 0.6) is 0 Å². The Morgan fingerprint density at radius 3 is 2.27 bits per heavy atom. The van der Waals surface area contributed by atoms with Gasteiger partial charge in [0.2, 0.25) is 0 Å². The fraction of sp³-hybridized carbons (Fsp3) is 0.400. The molecule has 0 heterocycles. The fourth-order valence-electron chi connectivity index (χ4n) is 1.42. The van der Waals surface area contributed by atoms with Gasteiger partial charge in [-0.25, -0.2) is 4.39 Å². The maximum Gasteiger partial charge on any atom is 0.395 e. The average Bonchev–Trinajstić information content (AvgIpc) is 2.14. The summed E-state index contributed by atoms with van der Waals surface area (Å²) in [7, 11) is 0. The van der Waals surface area contributed by atoms with Gasteiger partial charge in [-0.3, -0.25) is 0 Å². The van der Waals surface area contributed by atoms with Crippen molar-refractivity contribution in [3.63, 3.8) is 0 Å². The van der Waals surface area contributed by atoms with Gasteiger partial charge in [-0.05, 0) is 24.6 Å². The van der Waals surface area contributed by atoms with Crippen LogP contribution in [0, 0.1) is 5.82 Å². The van der Waals surface area contributed by atoms with E-state index in [1.807, 2.05) is 0 Å². The Labute approximate surface area is 84.9 Å². The lowest BCUT2D eigenvalue weighted by Gasteiger charge is -2.20. The molecule has 0 aliphatic rings. The molecule has 2 N–H and O–H groups in total. The molecule has 0 bridgehead atoms. The Balaban J connectivity index is 3.05. The van der Waals surface area contributed by atoms with Gasteiger partial charge in [-0.1, -0.05) is 18.2 Å². The molecule has 15 heavy (non-hydrogen) atoms. The summed E-state index contributed by atoms with van der Waals surface area (Å²) >= 11 is 0. The van der Waals surface area contributed by atoms with Crippen LogP contribution in [0.25, 0.3) is 0 Å². The zero-order chi connectivity index (χ0) is 11.5. The molecular weight excluding hydrogens is 210 g/mol. The van der Waals surface area contributed by atoms with Crippen molar-refractivity contribution in [2.24, 2.45) is 5.73 Å². The van der Waals surface area contributed by atoms with Crippen LogP contribution < -0.4 is 5.73 Å². The third-order valence-corrected chi connectivity index (χ3v) is 2.13. The highest BCUT2D eigenvalue weighted by Crippen LogP contribution is 2.37. The molecule has 1 rings (SSSR count). The van der Waals surface area contributed by atoms with Crippen LogP contribution >= 0.6 is 0 Å². The third kappa shape index (κ3) is 2.92. The molecule has 1 atom stereocenters. The molecule has 1 aromatic carbocycles. The number of benzene rings is 1. The minimum absolute atomic E-state index is 0.126. The quantitative estimate of drug-likeness (QED) is 0.780. The third-order valence-electron chi connectivity index (χ3n) is 2.13. The second-order valence-corrected chi connectivity index (χ2v) is 3.19. The summed E-state index contributed by atoms with van der Waals surface area (Å²) in [6.45, 7) is -0.126. The first-order chi connectivity index (χ1) is 6.96. The number of halogens is 4. The largest absolute Gasteiger partial charge is 0.395 e. The summed E-state index contributed by atoms with van der Waals surface area (Å²) in [6.07, 6.45) is -4.76. The molecule has 1 nitrogen and oxygen atoms in total. The van der Waals surface area contributed by atoms with Crippen LogP contribution in [0.3, 0.4) is 0 Å². The molecule has 0 aromatic heterocycles. The van der Waals surface area contributed by atoms with E-state index in [1.54, 1.807) is 0 Å². The van der Waals surface area contributed by atoms with Crippen molar-refractivity contribution in [2.75, 3.05) is 6.54 Å². The van der Waals surface area contributed by atoms with Gasteiger partial charge in [0.1, 0.15) is 5.82 Å². The van der Waals surface area contributed by atoms with Crippen molar-refractivity contribution < 1.29 is 17.6 Å². The van der Waals surface area contributed by atoms with E-state index in [9.17, 15) is 17.6 Å². The van der Waals surface area contributed by atoms with Gasteiger partial charge in [0.25, 0.3) is 0 Å². The molecule has 0 saturated carbocycles. The van der Waals surface area contributed by atoms with E-state index < -0.39 is 17.9 Å². The summed E-state index contributed by atoms with van der Waals surface area (Å²) in [5.41, 5.74) is 4.75. The summed E-state index contributed by atoms with van der Waals surface area (Å²) in [5.74, 6) is -2.66. The maximum absolute atomic E-state index is 13.2. The van der Waals surface area contributed by atoms with E-state index in [-0.39, 0.29) is 18.5 Å². The zero-order valence-corrected chi connectivity index (χ0v) is 7.89. The van der Waals surface area contributed by atoms with Crippen molar-refractivity contribution >= 4 is 0 Å². The van der Waals surface area contributed by atoms with E-state index in [1.165, 1.54) is 12.1 Å². The topological polar surface area (TPSA) is 26.0 Å². The molecule has 84 valence electrons. The minimum Gasteiger partial charge on any atom is -0.330 e. The van der Waals surface area contributed by atoms with Crippen molar-refractivity contribution in [3.05, 3.63) is 35.6 Å². The summed E-state index contributed by atoms with van der Waals surface area (Å²) in [5, 5.41) is 0. The van der Waals surface area contributed by atoms with Gasteiger partial charge in [0, 0.05) is 0 Å². The Morgan fingerprint density at radius 1 is 1.20 bits per heavy atom. The van der Waals surface area contributed by atoms with Gasteiger partial charge >= 0.3 is 6.18 Å². The van der Waals surface area contributed by atoms with Crippen LogP contribution in [0.15, 0.2) is 24.3 Å². The molecule has 0 amide bonds. The minimum atomic E-state index is -4.46. The molecule has 0 fully saturated rings. The normalized spacial score (nSPS) is 13.9. The Kier molecular flexibility index (Phi) is 3.68. The second-order valence-electron chi connectivity index (χ2n) is 3.19. The average molecular weight is 221 g/mol. The van der Waals surface area contributed by atoms with Gasteiger partial charge in [0.05, 0.1) is 5.92 Å². The maximum atomic E-state index is 13.2. The molecule has 0 spiro atoms. The lowest BCUT2D eigenvalue weighted by atomic mass is 9.95. The molecule has 0 radical (unpaired) electrons. The number of rotatable bonds is 3. The number of hydrogen-bond acceptors (Lipinski definition) is 1. The molecule has 0 aliphatic carbocycles. The SMILES string of the molecule is NCCC(c1ccccc1F)C(F)(F)F. The molecule has 1 aromatic rings. The van der Waals surface area contributed by atoms with Crippen molar-refractivity contribution in [1.29, 1.82) is 0 Å². The van der Waals surface area contributed by atoms with Crippen LogP contribution in [0.1, 0.15) is 17.9 Å². The monoisotopic (exact) mass is 221 g/mol. The summed E-state index contributed by atoms with van der Waals surface area (Å²) in [4.78, 5) is 0. The van der Waals surface area contributed by atoms with Crippen LogP contribution in [0.2, 0.25) is 0 Å². The second kappa shape index (κ2) is 4.61. The van der Waals surface area contributed by atoms with Crippen LogP contribution in [-0.4, -0.2) is 12.7 Å². The highest BCUT2D eigenvalue weighted by atomic mass is 19.4. The van der Waals surface area contributed by atoms with E-state index in [0.29, 0.717) is 0 Å². The lowest BCUT2D eigenvalue weighted by molar-refractivity contribution is -0.152. The van der Waals surface area contributed by atoms with Gasteiger partial charge in [0.15, 0.2) is 0 Å². The molecule has 0 saturated heterocycles. The van der Waals surface area contributed by atoms with Gasteiger partial charge in [-0.15, -0.1) is 0 Å². The Hall–Kier alpha value is -1.10.